The molecule has 1 aromatic rings. The summed E-state index contributed by atoms with van der Waals surface area (Å²) < 4.78 is 10.9. The van der Waals surface area contributed by atoms with Gasteiger partial charge in [-0.15, -0.1) is 0 Å². The van der Waals surface area contributed by atoms with E-state index in [9.17, 15) is 9.59 Å². The molecule has 1 spiro atoms. The van der Waals surface area contributed by atoms with E-state index in [4.69, 9.17) is 14.6 Å². The number of carbonyl (C=O) groups excluding carboxylic acids is 1. The molecule has 0 radical (unpaired) electrons. The molecule has 4 rings (SSSR count). The molecule has 0 aromatic heterocycles. The number of hydrogen-bond acceptors (Lipinski definition) is 4. The maximum absolute atomic E-state index is 12.8. The molecule has 122 valence electrons. The number of carboxylic acids is 1. The Hall–Kier alpha value is -2.08. The van der Waals surface area contributed by atoms with Crippen molar-refractivity contribution in [3.63, 3.8) is 0 Å². The molecule has 23 heavy (non-hydrogen) atoms. The second-order valence-corrected chi connectivity index (χ2v) is 6.49. The van der Waals surface area contributed by atoms with Gasteiger partial charge in [-0.05, 0) is 18.9 Å². The molecule has 2 aliphatic heterocycles. The first-order chi connectivity index (χ1) is 11.1. The lowest BCUT2D eigenvalue weighted by molar-refractivity contribution is -0.159. The van der Waals surface area contributed by atoms with Crippen molar-refractivity contribution in [3.05, 3.63) is 29.8 Å². The first-order valence-corrected chi connectivity index (χ1v) is 7.97. The third-order valence-corrected chi connectivity index (χ3v) is 5.26. The van der Waals surface area contributed by atoms with Crippen molar-refractivity contribution >= 4 is 11.9 Å². The lowest BCUT2D eigenvalue weighted by Crippen LogP contribution is -2.49. The zero-order valence-corrected chi connectivity index (χ0v) is 12.7. The zero-order valence-electron chi connectivity index (χ0n) is 12.7. The third kappa shape index (κ3) is 2.28. The summed E-state index contributed by atoms with van der Waals surface area (Å²) in [4.78, 5) is 25.6. The van der Waals surface area contributed by atoms with Gasteiger partial charge >= 0.3 is 5.97 Å². The van der Waals surface area contributed by atoms with Crippen molar-refractivity contribution in [1.82, 2.24) is 4.90 Å². The number of hydrogen-bond donors (Lipinski definition) is 1. The summed E-state index contributed by atoms with van der Waals surface area (Å²) in [5.41, 5.74) is 0.996. The second-order valence-electron chi connectivity index (χ2n) is 6.49. The van der Waals surface area contributed by atoms with Crippen LogP contribution in [0.25, 0.3) is 0 Å². The molecule has 1 aliphatic carbocycles. The van der Waals surface area contributed by atoms with Crippen LogP contribution in [0, 0.1) is 5.92 Å². The molecular weight excluding hydrogens is 298 g/mol. The average molecular weight is 317 g/mol. The third-order valence-electron chi connectivity index (χ3n) is 5.26. The molecule has 1 unspecified atom stereocenters. The highest BCUT2D eigenvalue weighted by molar-refractivity contribution is 5.86. The number of fused-ring (bicyclic) bond motifs is 2. The van der Waals surface area contributed by atoms with Crippen molar-refractivity contribution in [3.8, 4) is 5.75 Å². The van der Waals surface area contributed by atoms with Crippen LogP contribution in [0.15, 0.2) is 24.3 Å². The van der Waals surface area contributed by atoms with Gasteiger partial charge in [0, 0.05) is 23.4 Å². The molecule has 3 aliphatic rings. The van der Waals surface area contributed by atoms with Gasteiger partial charge in [-0.2, -0.15) is 0 Å². The van der Waals surface area contributed by atoms with Crippen molar-refractivity contribution in [2.24, 2.45) is 5.92 Å². The summed E-state index contributed by atoms with van der Waals surface area (Å²) in [6.45, 7) is 1.51. The van der Waals surface area contributed by atoms with E-state index in [0.29, 0.717) is 13.2 Å². The Morgan fingerprint density at radius 3 is 2.91 bits per heavy atom. The van der Waals surface area contributed by atoms with Gasteiger partial charge in [-0.3, -0.25) is 4.79 Å². The van der Waals surface area contributed by atoms with E-state index in [0.717, 1.165) is 24.2 Å². The molecule has 1 saturated carbocycles. The summed E-state index contributed by atoms with van der Waals surface area (Å²) in [6, 6.07) is 7.91. The molecule has 2 heterocycles. The molecule has 6 heteroatoms. The van der Waals surface area contributed by atoms with Crippen molar-refractivity contribution in [1.29, 1.82) is 0 Å². The zero-order chi connectivity index (χ0) is 16.0. The molecule has 1 saturated heterocycles. The smallest absolute Gasteiger partial charge is 0.334 e. The Morgan fingerprint density at radius 1 is 1.26 bits per heavy atom. The molecule has 2 fully saturated rings. The van der Waals surface area contributed by atoms with Gasteiger partial charge < -0.3 is 19.5 Å². The number of carbonyl (C=O) groups is 2. The Labute approximate surface area is 134 Å². The van der Waals surface area contributed by atoms with Gasteiger partial charge in [0.2, 0.25) is 5.91 Å². The van der Waals surface area contributed by atoms with E-state index in [2.05, 4.69) is 0 Å². The molecule has 6 nitrogen and oxygen atoms in total. The van der Waals surface area contributed by atoms with E-state index < -0.39 is 12.1 Å². The Balaban J connectivity index is 1.53. The van der Waals surface area contributed by atoms with Crippen LogP contribution in [-0.2, 0) is 19.7 Å². The quantitative estimate of drug-likeness (QED) is 0.882. The minimum absolute atomic E-state index is 0.0521. The highest BCUT2D eigenvalue weighted by Crippen LogP contribution is 2.61. The monoisotopic (exact) mass is 317 g/mol. The number of carboxylic acid groups (broad SMARTS) is 1. The van der Waals surface area contributed by atoms with E-state index >= 15 is 0 Å². The van der Waals surface area contributed by atoms with E-state index in [1.54, 1.807) is 4.90 Å². The Bertz CT molecular complexity index is 660. The summed E-state index contributed by atoms with van der Waals surface area (Å²) in [5, 5.41) is 9.08. The fraction of sp³-hybridized carbons (Fsp3) is 0.529. The number of ether oxygens (including phenoxy) is 2. The van der Waals surface area contributed by atoms with Crippen LogP contribution in [0.4, 0.5) is 0 Å². The number of benzene rings is 1. The predicted molar refractivity (Wildman–Crippen MR) is 80.3 cm³/mol. The number of nitrogens with zero attached hydrogens (tertiary/aromatic N) is 1. The van der Waals surface area contributed by atoms with Crippen molar-refractivity contribution < 1.29 is 24.2 Å². The first kappa shape index (κ1) is 14.5. The lowest BCUT2D eigenvalue weighted by Gasteiger charge is -2.32. The molecule has 3 atom stereocenters. The fourth-order valence-electron chi connectivity index (χ4n) is 3.90. The Morgan fingerprint density at radius 2 is 2.09 bits per heavy atom. The summed E-state index contributed by atoms with van der Waals surface area (Å²) in [7, 11) is 0. The van der Waals surface area contributed by atoms with Crippen LogP contribution in [0.1, 0.15) is 18.4 Å². The van der Waals surface area contributed by atoms with E-state index in [1.165, 1.54) is 0 Å². The average Bonchev–Trinajstić information content (AvgIpc) is 3.29. The highest BCUT2D eigenvalue weighted by atomic mass is 16.5. The maximum atomic E-state index is 12.8. The lowest BCUT2D eigenvalue weighted by atomic mass is 9.87. The summed E-state index contributed by atoms with van der Waals surface area (Å²) in [5.74, 6) is -0.153. The van der Waals surface area contributed by atoms with Crippen LogP contribution in [0.3, 0.4) is 0 Å². The Kier molecular flexibility index (Phi) is 3.30. The van der Waals surface area contributed by atoms with Crippen molar-refractivity contribution in [2.45, 2.75) is 24.4 Å². The topological polar surface area (TPSA) is 76.1 Å². The van der Waals surface area contributed by atoms with Gasteiger partial charge in [-0.25, -0.2) is 4.79 Å². The maximum Gasteiger partial charge on any atom is 0.334 e. The van der Waals surface area contributed by atoms with Crippen LogP contribution in [-0.4, -0.2) is 54.3 Å². The number of para-hydroxylation sites is 1. The molecule has 1 N–H and O–H groups in total. The first-order valence-electron chi connectivity index (χ1n) is 7.97. The summed E-state index contributed by atoms with van der Waals surface area (Å²) in [6.07, 6.45) is 0.749. The van der Waals surface area contributed by atoms with Crippen molar-refractivity contribution in [2.75, 3.05) is 26.3 Å². The van der Waals surface area contributed by atoms with Crippen LogP contribution in [0.5, 0.6) is 5.75 Å². The number of aliphatic carboxylic acids is 1. The number of rotatable bonds is 2. The number of morpholine rings is 1. The predicted octanol–water partition coefficient (Wildman–Crippen LogP) is 1.04. The van der Waals surface area contributed by atoms with Gasteiger partial charge in [0.05, 0.1) is 19.8 Å². The molecular formula is C17H19NO5. The van der Waals surface area contributed by atoms with Crippen LogP contribution >= 0.6 is 0 Å². The van der Waals surface area contributed by atoms with Crippen LogP contribution < -0.4 is 4.74 Å². The minimum Gasteiger partial charge on any atom is -0.493 e. The second kappa shape index (κ2) is 5.23. The van der Waals surface area contributed by atoms with Gasteiger partial charge in [0.15, 0.2) is 6.10 Å². The highest BCUT2D eigenvalue weighted by Gasteiger charge is 2.62. The fourth-order valence-corrected chi connectivity index (χ4v) is 3.90. The largest absolute Gasteiger partial charge is 0.493 e. The van der Waals surface area contributed by atoms with Gasteiger partial charge in [-0.1, -0.05) is 18.2 Å². The summed E-state index contributed by atoms with van der Waals surface area (Å²) >= 11 is 0. The SMILES string of the molecule is O=C(O)C1CN(C(=O)[C@@H]2C[C@]23CCOc2ccccc23)CCO1. The van der Waals surface area contributed by atoms with Gasteiger partial charge in [0.25, 0.3) is 0 Å². The normalized spacial score (nSPS) is 32.1. The minimum atomic E-state index is -1.01. The van der Waals surface area contributed by atoms with E-state index in [1.807, 2.05) is 24.3 Å². The number of amides is 1. The van der Waals surface area contributed by atoms with Gasteiger partial charge in [0.1, 0.15) is 5.75 Å². The molecule has 0 bridgehead atoms. The van der Waals surface area contributed by atoms with Crippen LogP contribution in [0.2, 0.25) is 0 Å². The standard InChI is InChI=1S/C17H19NO5/c19-15(18-6-8-23-14(10-18)16(20)21)12-9-17(12)5-7-22-13-4-2-1-3-11(13)17/h1-4,12,14H,5-10H2,(H,20,21)/t12-,14?,17-/m0/s1. The van der Waals surface area contributed by atoms with E-state index in [-0.39, 0.29) is 30.4 Å². The molecule has 1 aromatic carbocycles. The molecule has 1 amide bonds.